The molecule has 0 aliphatic carbocycles. The number of hydrogen-bond donors (Lipinski definition) is 0. The van der Waals surface area contributed by atoms with E-state index < -0.39 is 11.9 Å². The zero-order chi connectivity index (χ0) is 11.6. The molecule has 2 rings (SSSR count). The smallest absolute Gasteiger partial charge is 0.425 e. The standard InChI is InChI=1S/C9H14O6S/c1-3-9(5-11-9)15-14-8(10)13-7-4-12-16-6(7)2/h6-7H,3-5H2,1-2H3. The SMILES string of the molecule is CCC1(OOC(=O)OC2COSC2C)CO1. The second kappa shape index (κ2) is 4.79. The summed E-state index contributed by atoms with van der Waals surface area (Å²) in [5.74, 6) is -0.744. The molecule has 0 aromatic rings. The Labute approximate surface area is 97.6 Å². The molecular weight excluding hydrogens is 236 g/mol. The fraction of sp³-hybridized carbons (Fsp3) is 0.889. The maximum atomic E-state index is 11.2. The van der Waals surface area contributed by atoms with Gasteiger partial charge in [0.25, 0.3) is 0 Å². The summed E-state index contributed by atoms with van der Waals surface area (Å²) in [4.78, 5) is 20.6. The highest BCUT2D eigenvalue weighted by Gasteiger charge is 2.48. The van der Waals surface area contributed by atoms with Crippen molar-refractivity contribution in [3.63, 3.8) is 0 Å². The lowest BCUT2D eigenvalue weighted by atomic mass is 10.3. The van der Waals surface area contributed by atoms with Crippen molar-refractivity contribution in [1.82, 2.24) is 0 Å². The summed E-state index contributed by atoms with van der Waals surface area (Å²) in [6.45, 7) is 4.60. The molecule has 0 aromatic carbocycles. The van der Waals surface area contributed by atoms with Gasteiger partial charge in [0.1, 0.15) is 12.7 Å². The molecule has 7 heteroatoms. The fourth-order valence-corrected chi connectivity index (χ4v) is 1.87. The minimum atomic E-state index is -0.855. The molecule has 0 spiro atoms. The van der Waals surface area contributed by atoms with Gasteiger partial charge >= 0.3 is 6.16 Å². The van der Waals surface area contributed by atoms with Crippen molar-refractivity contribution in [1.29, 1.82) is 0 Å². The number of epoxide rings is 1. The van der Waals surface area contributed by atoms with Crippen molar-refractivity contribution in [2.24, 2.45) is 0 Å². The molecule has 0 bridgehead atoms. The molecule has 0 saturated carbocycles. The second-order valence-electron chi connectivity index (χ2n) is 3.71. The van der Waals surface area contributed by atoms with Crippen molar-refractivity contribution in [2.75, 3.05) is 13.2 Å². The molecule has 3 unspecified atom stereocenters. The molecule has 6 nitrogen and oxygen atoms in total. The van der Waals surface area contributed by atoms with Gasteiger partial charge in [-0.1, -0.05) is 6.92 Å². The monoisotopic (exact) mass is 250 g/mol. The van der Waals surface area contributed by atoms with E-state index in [-0.39, 0.29) is 11.4 Å². The quantitative estimate of drug-likeness (QED) is 0.247. The van der Waals surface area contributed by atoms with Gasteiger partial charge in [-0.15, -0.1) is 4.89 Å². The van der Waals surface area contributed by atoms with Crippen LogP contribution in [-0.4, -0.2) is 36.5 Å². The summed E-state index contributed by atoms with van der Waals surface area (Å²) in [5, 5.41) is 0.102. The average Bonchev–Trinajstić information content (AvgIpc) is 2.96. The van der Waals surface area contributed by atoms with Crippen LogP contribution in [0.2, 0.25) is 0 Å². The third kappa shape index (κ3) is 2.79. The molecule has 3 atom stereocenters. The van der Waals surface area contributed by atoms with Crippen molar-refractivity contribution >= 4 is 18.2 Å². The van der Waals surface area contributed by atoms with Crippen LogP contribution in [0, 0.1) is 0 Å². The van der Waals surface area contributed by atoms with Crippen LogP contribution in [-0.2, 0) is 23.4 Å². The van der Waals surface area contributed by atoms with Crippen LogP contribution in [0.5, 0.6) is 0 Å². The summed E-state index contributed by atoms with van der Waals surface area (Å²) < 4.78 is 15.1. The molecule has 2 fully saturated rings. The Morgan fingerprint density at radius 3 is 2.88 bits per heavy atom. The largest absolute Gasteiger partial charge is 0.540 e. The normalized spacial score (nSPS) is 37.1. The third-order valence-electron chi connectivity index (χ3n) is 2.49. The Morgan fingerprint density at radius 1 is 1.62 bits per heavy atom. The van der Waals surface area contributed by atoms with E-state index in [4.69, 9.17) is 18.5 Å². The molecule has 0 radical (unpaired) electrons. The first kappa shape index (κ1) is 12.0. The number of ether oxygens (including phenoxy) is 2. The van der Waals surface area contributed by atoms with E-state index in [1.54, 1.807) is 0 Å². The first-order valence-electron chi connectivity index (χ1n) is 5.14. The Bertz CT molecular complexity index is 267. The summed E-state index contributed by atoms with van der Waals surface area (Å²) >= 11 is 1.29. The first-order chi connectivity index (χ1) is 7.65. The highest BCUT2D eigenvalue weighted by atomic mass is 32.2. The third-order valence-corrected chi connectivity index (χ3v) is 3.37. The lowest BCUT2D eigenvalue weighted by molar-refractivity contribution is -0.323. The van der Waals surface area contributed by atoms with E-state index in [9.17, 15) is 4.79 Å². The molecule has 2 heterocycles. The van der Waals surface area contributed by atoms with Gasteiger partial charge in [0.2, 0.25) is 5.79 Å². The Kier molecular flexibility index (Phi) is 3.58. The molecule has 16 heavy (non-hydrogen) atoms. The predicted molar refractivity (Wildman–Crippen MR) is 54.4 cm³/mol. The Hall–Kier alpha value is -0.500. The van der Waals surface area contributed by atoms with E-state index >= 15 is 0 Å². The number of carbonyl (C=O) groups excluding carboxylic acids is 1. The average molecular weight is 250 g/mol. The maximum absolute atomic E-state index is 11.2. The Morgan fingerprint density at radius 2 is 2.38 bits per heavy atom. The van der Waals surface area contributed by atoms with E-state index in [2.05, 4.69) is 4.89 Å². The van der Waals surface area contributed by atoms with Gasteiger partial charge in [0.15, 0.2) is 0 Å². The highest BCUT2D eigenvalue weighted by Crippen LogP contribution is 2.32. The minimum absolute atomic E-state index is 0.102. The Balaban J connectivity index is 1.68. The fourth-order valence-electron chi connectivity index (χ4n) is 1.19. The lowest BCUT2D eigenvalue weighted by Gasteiger charge is -2.13. The van der Waals surface area contributed by atoms with Gasteiger partial charge in [-0.3, -0.25) is 4.89 Å². The molecule has 2 aliphatic rings. The van der Waals surface area contributed by atoms with Crippen molar-refractivity contribution in [3.8, 4) is 0 Å². The summed E-state index contributed by atoms with van der Waals surface area (Å²) in [6, 6.07) is 0. The van der Waals surface area contributed by atoms with Crippen LogP contribution in [0.1, 0.15) is 20.3 Å². The van der Waals surface area contributed by atoms with Gasteiger partial charge in [-0.25, -0.2) is 4.79 Å². The maximum Gasteiger partial charge on any atom is 0.540 e. The van der Waals surface area contributed by atoms with Crippen molar-refractivity contribution in [3.05, 3.63) is 0 Å². The van der Waals surface area contributed by atoms with E-state index in [0.717, 1.165) is 0 Å². The van der Waals surface area contributed by atoms with Crippen LogP contribution in [0.15, 0.2) is 0 Å². The van der Waals surface area contributed by atoms with Gasteiger partial charge in [0.05, 0.1) is 11.9 Å². The lowest BCUT2D eigenvalue weighted by Crippen LogP contribution is -2.27. The number of hydrogen-bond acceptors (Lipinski definition) is 7. The van der Waals surface area contributed by atoms with Crippen molar-refractivity contribution < 1.29 is 28.2 Å². The van der Waals surface area contributed by atoms with Gasteiger partial charge in [0, 0.05) is 6.42 Å². The van der Waals surface area contributed by atoms with Gasteiger partial charge in [-0.2, -0.15) is 0 Å². The van der Waals surface area contributed by atoms with Crippen LogP contribution >= 0.6 is 12.0 Å². The minimum Gasteiger partial charge on any atom is -0.425 e. The van der Waals surface area contributed by atoms with E-state index in [0.29, 0.717) is 19.6 Å². The molecular formula is C9H14O6S. The molecule has 0 amide bonds. The van der Waals surface area contributed by atoms with Crippen LogP contribution in [0.25, 0.3) is 0 Å². The van der Waals surface area contributed by atoms with Crippen molar-refractivity contribution in [2.45, 2.75) is 37.4 Å². The van der Waals surface area contributed by atoms with Crippen LogP contribution in [0.4, 0.5) is 4.79 Å². The zero-order valence-electron chi connectivity index (χ0n) is 9.13. The van der Waals surface area contributed by atoms with Gasteiger partial charge in [-0.05, 0) is 19.0 Å². The second-order valence-corrected chi connectivity index (χ2v) is 4.88. The van der Waals surface area contributed by atoms with E-state index in [1.807, 2.05) is 13.8 Å². The highest BCUT2D eigenvalue weighted by molar-refractivity contribution is 7.95. The number of carbonyl (C=O) groups is 1. The topological polar surface area (TPSA) is 66.5 Å². The molecule has 92 valence electrons. The first-order valence-corrected chi connectivity index (χ1v) is 5.94. The zero-order valence-corrected chi connectivity index (χ0v) is 9.95. The van der Waals surface area contributed by atoms with Crippen LogP contribution in [0.3, 0.4) is 0 Å². The van der Waals surface area contributed by atoms with Crippen LogP contribution < -0.4 is 0 Å². The summed E-state index contributed by atoms with van der Waals surface area (Å²) in [6.07, 6.45) is -0.524. The summed E-state index contributed by atoms with van der Waals surface area (Å²) in [5.41, 5.74) is 0. The predicted octanol–water partition coefficient (Wildman–Crippen LogP) is 1.64. The molecule has 0 N–H and O–H groups in total. The summed E-state index contributed by atoms with van der Waals surface area (Å²) in [7, 11) is 0. The molecule has 2 aliphatic heterocycles. The molecule has 2 saturated heterocycles. The molecule has 0 aromatic heterocycles. The van der Waals surface area contributed by atoms with E-state index in [1.165, 1.54) is 12.0 Å². The van der Waals surface area contributed by atoms with Gasteiger partial charge < -0.3 is 13.7 Å². The number of rotatable bonds is 4.